The fourth-order valence-electron chi connectivity index (χ4n) is 3.41. The first-order chi connectivity index (χ1) is 13.2. The minimum absolute atomic E-state index is 0. The molecule has 28 heavy (non-hydrogen) atoms. The molecule has 0 aliphatic carbocycles. The van der Waals surface area contributed by atoms with Crippen LogP contribution in [0.1, 0.15) is 39.2 Å². The van der Waals surface area contributed by atoms with E-state index in [1.165, 1.54) is 6.33 Å². The molecule has 3 rings (SSSR count). The maximum absolute atomic E-state index is 4.79. The highest BCUT2D eigenvalue weighted by atomic mass is 127. The number of guanidine groups is 1. The Labute approximate surface area is 184 Å². The first kappa shape index (κ1) is 22.6. The van der Waals surface area contributed by atoms with Gasteiger partial charge in [-0.1, -0.05) is 18.2 Å². The number of nitrogens with zero attached hydrogens (tertiary/aromatic N) is 4. The first-order valence-electron chi connectivity index (χ1n) is 9.89. The molecule has 0 saturated carbocycles. The van der Waals surface area contributed by atoms with Crippen molar-refractivity contribution in [2.24, 2.45) is 4.99 Å². The van der Waals surface area contributed by atoms with Crippen LogP contribution in [0.15, 0.2) is 35.6 Å². The van der Waals surface area contributed by atoms with Crippen LogP contribution in [-0.2, 0) is 6.54 Å². The molecule has 1 aliphatic heterocycles. The average Bonchev–Trinajstić information content (AvgIpc) is 3.22. The third kappa shape index (κ3) is 6.44. The van der Waals surface area contributed by atoms with Crippen LogP contribution in [0.4, 0.5) is 0 Å². The lowest BCUT2D eigenvalue weighted by Crippen LogP contribution is -2.49. The van der Waals surface area contributed by atoms with Gasteiger partial charge in [0.2, 0.25) is 0 Å². The smallest absolute Gasteiger partial charge is 0.191 e. The Kier molecular flexibility index (Phi) is 9.17. The molecule has 8 heteroatoms. The lowest BCUT2D eigenvalue weighted by atomic mass is 10.0. The first-order valence-corrected chi connectivity index (χ1v) is 9.89. The summed E-state index contributed by atoms with van der Waals surface area (Å²) in [6.45, 7) is 10.4. The van der Waals surface area contributed by atoms with Crippen LogP contribution < -0.4 is 10.6 Å². The van der Waals surface area contributed by atoms with Crippen molar-refractivity contribution in [1.82, 2.24) is 30.7 Å². The number of rotatable bonds is 6. The van der Waals surface area contributed by atoms with Gasteiger partial charge in [-0.05, 0) is 45.2 Å². The number of aromatic amines is 1. The molecular weight excluding hydrogens is 465 g/mol. The summed E-state index contributed by atoms with van der Waals surface area (Å²) in [5, 5.41) is 13.8. The molecule has 1 saturated heterocycles. The molecule has 1 aromatic carbocycles. The van der Waals surface area contributed by atoms with E-state index in [2.05, 4.69) is 63.6 Å². The summed E-state index contributed by atoms with van der Waals surface area (Å²) in [7, 11) is 0. The number of aromatic nitrogens is 3. The molecule has 7 nitrogen and oxygen atoms in total. The topological polar surface area (TPSA) is 81.2 Å². The molecular formula is C20H32IN7. The minimum atomic E-state index is 0. The highest BCUT2D eigenvalue weighted by molar-refractivity contribution is 14.0. The number of likely N-dealkylation sites (tertiary alicyclic amines) is 1. The number of hydrogen-bond donors (Lipinski definition) is 3. The molecule has 0 atom stereocenters. The van der Waals surface area contributed by atoms with Gasteiger partial charge in [-0.3, -0.25) is 5.10 Å². The zero-order valence-electron chi connectivity index (χ0n) is 17.0. The number of benzene rings is 1. The SMILES string of the molecule is CCNC(=NCc1cccc(-c2ncn[nH]2)c1)NC1CCN(C(C)C)CC1.I. The Balaban J connectivity index is 0.00000280. The van der Waals surface area contributed by atoms with Crippen molar-refractivity contribution in [3.05, 3.63) is 36.2 Å². The minimum Gasteiger partial charge on any atom is -0.357 e. The number of aliphatic imine (C=N–C) groups is 1. The quantitative estimate of drug-likeness (QED) is 0.325. The zero-order valence-corrected chi connectivity index (χ0v) is 19.3. The predicted octanol–water partition coefficient (Wildman–Crippen LogP) is 3.02. The van der Waals surface area contributed by atoms with Crippen LogP contribution >= 0.6 is 24.0 Å². The Morgan fingerprint density at radius 3 is 2.75 bits per heavy atom. The molecule has 2 heterocycles. The molecule has 2 aromatic rings. The molecule has 154 valence electrons. The van der Waals surface area contributed by atoms with E-state index in [4.69, 9.17) is 4.99 Å². The molecule has 0 unspecified atom stereocenters. The fraction of sp³-hybridized carbons (Fsp3) is 0.550. The second kappa shape index (κ2) is 11.4. The number of halogens is 1. The normalized spacial score (nSPS) is 16.1. The molecule has 0 amide bonds. The van der Waals surface area contributed by atoms with E-state index >= 15 is 0 Å². The van der Waals surface area contributed by atoms with Gasteiger partial charge in [0.1, 0.15) is 6.33 Å². The van der Waals surface area contributed by atoms with E-state index in [-0.39, 0.29) is 24.0 Å². The molecule has 1 fully saturated rings. The van der Waals surface area contributed by atoms with Crippen LogP contribution in [0.2, 0.25) is 0 Å². The van der Waals surface area contributed by atoms with Crippen LogP contribution in [0, 0.1) is 0 Å². The third-order valence-corrected chi connectivity index (χ3v) is 4.98. The van der Waals surface area contributed by atoms with Gasteiger partial charge >= 0.3 is 0 Å². The van der Waals surface area contributed by atoms with Crippen molar-refractivity contribution in [1.29, 1.82) is 0 Å². The summed E-state index contributed by atoms with van der Waals surface area (Å²) in [4.78, 5) is 11.5. The second-order valence-corrected chi connectivity index (χ2v) is 7.28. The summed E-state index contributed by atoms with van der Waals surface area (Å²) in [6, 6.07) is 9.37. The summed E-state index contributed by atoms with van der Waals surface area (Å²) < 4.78 is 0. The molecule has 3 N–H and O–H groups in total. The lowest BCUT2D eigenvalue weighted by Gasteiger charge is -2.35. The molecule has 1 aliphatic rings. The zero-order chi connectivity index (χ0) is 19.1. The highest BCUT2D eigenvalue weighted by Gasteiger charge is 2.21. The van der Waals surface area contributed by atoms with E-state index < -0.39 is 0 Å². The Morgan fingerprint density at radius 1 is 1.32 bits per heavy atom. The molecule has 0 bridgehead atoms. The summed E-state index contributed by atoms with van der Waals surface area (Å²) in [6.07, 6.45) is 3.84. The van der Waals surface area contributed by atoms with E-state index in [0.29, 0.717) is 18.6 Å². The summed E-state index contributed by atoms with van der Waals surface area (Å²) in [5.74, 6) is 1.67. The van der Waals surface area contributed by atoms with Crippen LogP contribution in [-0.4, -0.2) is 57.8 Å². The van der Waals surface area contributed by atoms with Crippen molar-refractivity contribution < 1.29 is 0 Å². The largest absolute Gasteiger partial charge is 0.357 e. The van der Waals surface area contributed by atoms with E-state index in [0.717, 1.165) is 55.4 Å². The standard InChI is InChI=1S/C20H31N7.HI/c1-4-21-20(25-18-8-10-27(11-9-18)15(2)3)22-13-16-6-5-7-17(12-16)19-23-14-24-26-19;/h5-7,12,14-15,18H,4,8-11,13H2,1-3H3,(H2,21,22,25)(H,23,24,26);1H. The number of hydrogen-bond acceptors (Lipinski definition) is 4. The van der Waals surface area contributed by atoms with Gasteiger partial charge in [0.05, 0.1) is 6.54 Å². The van der Waals surface area contributed by atoms with Gasteiger partial charge in [-0.15, -0.1) is 24.0 Å². The van der Waals surface area contributed by atoms with Gasteiger partial charge in [0, 0.05) is 37.3 Å². The molecule has 1 aromatic heterocycles. The van der Waals surface area contributed by atoms with E-state index in [9.17, 15) is 0 Å². The van der Waals surface area contributed by atoms with Gasteiger partial charge in [-0.25, -0.2) is 9.98 Å². The third-order valence-electron chi connectivity index (χ3n) is 4.98. The summed E-state index contributed by atoms with van der Waals surface area (Å²) in [5.41, 5.74) is 2.18. The second-order valence-electron chi connectivity index (χ2n) is 7.28. The van der Waals surface area contributed by atoms with Crippen LogP contribution in [0.5, 0.6) is 0 Å². The fourth-order valence-corrected chi connectivity index (χ4v) is 3.41. The van der Waals surface area contributed by atoms with Gasteiger partial charge in [-0.2, -0.15) is 5.10 Å². The molecule has 0 radical (unpaired) electrons. The van der Waals surface area contributed by atoms with Crippen molar-refractivity contribution in [3.8, 4) is 11.4 Å². The van der Waals surface area contributed by atoms with Crippen molar-refractivity contribution in [2.75, 3.05) is 19.6 Å². The monoisotopic (exact) mass is 497 g/mol. The van der Waals surface area contributed by atoms with Crippen molar-refractivity contribution >= 4 is 29.9 Å². The number of nitrogens with one attached hydrogen (secondary N) is 3. The average molecular weight is 497 g/mol. The number of H-pyrrole nitrogens is 1. The van der Waals surface area contributed by atoms with Crippen molar-refractivity contribution in [2.45, 2.75) is 52.2 Å². The predicted molar refractivity (Wildman–Crippen MR) is 125 cm³/mol. The number of piperidine rings is 1. The van der Waals surface area contributed by atoms with Crippen LogP contribution in [0.3, 0.4) is 0 Å². The molecule has 0 spiro atoms. The summed E-state index contributed by atoms with van der Waals surface area (Å²) >= 11 is 0. The maximum Gasteiger partial charge on any atom is 0.191 e. The van der Waals surface area contributed by atoms with E-state index in [1.54, 1.807) is 0 Å². The van der Waals surface area contributed by atoms with Crippen LogP contribution in [0.25, 0.3) is 11.4 Å². The Hall–Kier alpha value is -1.68. The maximum atomic E-state index is 4.79. The van der Waals surface area contributed by atoms with Crippen molar-refractivity contribution in [3.63, 3.8) is 0 Å². The van der Waals surface area contributed by atoms with Gasteiger partial charge < -0.3 is 15.5 Å². The Morgan fingerprint density at radius 2 is 2.11 bits per heavy atom. The Bertz CT molecular complexity index is 722. The van der Waals surface area contributed by atoms with Gasteiger partial charge in [0.15, 0.2) is 11.8 Å². The van der Waals surface area contributed by atoms with Gasteiger partial charge in [0.25, 0.3) is 0 Å². The highest BCUT2D eigenvalue weighted by Crippen LogP contribution is 2.16. The lowest BCUT2D eigenvalue weighted by molar-refractivity contribution is 0.167. The van der Waals surface area contributed by atoms with E-state index in [1.807, 2.05) is 12.1 Å².